The molecule has 114 valence electrons. The molecule has 22 heavy (non-hydrogen) atoms. The van der Waals surface area contributed by atoms with Crippen LogP contribution in [-0.4, -0.2) is 20.4 Å². The second-order valence-corrected chi connectivity index (χ2v) is 5.92. The van der Waals surface area contributed by atoms with Gasteiger partial charge >= 0.3 is 0 Å². The molecule has 2 aromatic carbocycles. The van der Waals surface area contributed by atoms with E-state index >= 15 is 0 Å². The zero-order chi connectivity index (χ0) is 15.9. The van der Waals surface area contributed by atoms with Crippen molar-refractivity contribution >= 4 is 11.0 Å². The Morgan fingerprint density at radius 1 is 1.27 bits per heavy atom. The second kappa shape index (κ2) is 5.19. The molecule has 1 aromatic heterocycles. The number of aromatic nitrogens is 2. The standard InChI is InChI=1S/C17H18FN3O/c1-11-3-5-13(14(18)7-11)12-4-6-15-16(8-12)21(10-20-15)9-17(2,19)22/h3-8,10,22H,9,19H2,1-2H3. The topological polar surface area (TPSA) is 64.1 Å². The molecule has 3 aromatic rings. The highest BCUT2D eigenvalue weighted by molar-refractivity contribution is 5.82. The number of hydrogen-bond donors (Lipinski definition) is 2. The van der Waals surface area contributed by atoms with Crippen LogP contribution in [0.4, 0.5) is 4.39 Å². The third-order valence-corrected chi connectivity index (χ3v) is 3.55. The molecule has 0 aliphatic carbocycles. The van der Waals surface area contributed by atoms with Crippen LogP contribution in [0.25, 0.3) is 22.2 Å². The lowest BCUT2D eigenvalue weighted by Crippen LogP contribution is -2.40. The number of benzene rings is 2. The van der Waals surface area contributed by atoms with Crippen molar-refractivity contribution < 1.29 is 9.50 Å². The molecule has 4 nitrogen and oxygen atoms in total. The van der Waals surface area contributed by atoms with Gasteiger partial charge in [0, 0.05) is 5.56 Å². The van der Waals surface area contributed by atoms with Gasteiger partial charge in [-0.05, 0) is 43.2 Å². The van der Waals surface area contributed by atoms with Crippen LogP contribution >= 0.6 is 0 Å². The van der Waals surface area contributed by atoms with Gasteiger partial charge < -0.3 is 15.4 Å². The normalized spacial score (nSPS) is 14.2. The summed E-state index contributed by atoms with van der Waals surface area (Å²) in [6.07, 6.45) is 1.63. The van der Waals surface area contributed by atoms with Crippen LogP contribution in [0, 0.1) is 12.7 Å². The van der Waals surface area contributed by atoms with Gasteiger partial charge in [0.2, 0.25) is 0 Å². The van der Waals surface area contributed by atoms with Crippen LogP contribution in [0.1, 0.15) is 12.5 Å². The summed E-state index contributed by atoms with van der Waals surface area (Å²) in [6.45, 7) is 3.60. The lowest BCUT2D eigenvalue weighted by Gasteiger charge is -2.18. The van der Waals surface area contributed by atoms with Gasteiger partial charge in [0.15, 0.2) is 0 Å². The number of rotatable bonds is 3. The van der Waals surface area contributed by atoms with Crippen molar-refractivity contribution in [2.24, 2.45) is 5.73 Å². The Morgan fingerprint density at radius 3 is 2.73 bits per heavy atom. The predicted octanol–water partition coefficient (Wildman–Crippen LogP) is 2.82. The molecular weight excluding hydrogens is 281 g/mol. The fourth-order valence-corrected chi connectivity index (χ4v) is 2.55. The van der Waals surface area contributed by atoms with Crippen LogP contribution in [0.2, 0.25) is 0 Å². The summed E-state index contributed by atoms with van der Waals surface area (Å²) in [6, 6.07) is 10.7. The van der Waals surface area contributed by atoms with E-state index in [4.69, 9.17) is 5.73 Å². The Bertz CT molecular complexity index is 834. The molecule has 0 amide bonds. The highest BCUT2D eigenvalue weighted by Gasteiger charge is 2.16. The van der Waals surface area contributed by atoms with Crippen molar-refractivity contribution in [1.82, 2.24) is 9.55 Å². The molecule has 0 radical (unpaired) electrons. The molecule has 1 heterocycles. The third-order valence-electron chi connectivity index (χ3n) is 3.55. The Balaban J connectivity index is 2.10. The quantitative estimate of drug-likeness (QED) is 0.731. The highest BCUT2D eigenvalue weighted by Crippen LogP contribution is 2.27. The molecule has 0 bridgehead atoms. The SMILES string of the molecule is Cc1ccc(-c2ccc3ncn(CC(C)(N)O)c3c2)c(F)c1. The zero-order valence-electron chi connectivity index (χ0n) is 12.5. The maximum absolute atomic E-state index is 14.2. The molecule has 3 rings (SSSR count). The minimum atomic E-state index is -1.33. The van der Waals surface area contributed by atoms with Gasteiger partial charge in [-0.2, -0.15) is 0 Å². The first-order chi connectivity index (χ1) is 10.3. The van der Waals surface area contributed by atoms with Gasteiger partial charge in [-0.3, -0.25) is 0 Å². The minimum Gasteiger partial charge on any atom is -0.374 e. The third kappa shape index (κ3) is 2.86. The van der Waals surface area contributed by atoms with E-state index in [0.717, 1.165) is 22.2 Å². The Hall–Kier alpha value is -2.24. The Morgan fingerprint density at radius 2 is 2.05 bits per heavy atom. The van der Waals surface area contributed by atoms with Gasteiger partial charge in [0.05, 0.1) is 23.9 Å². The van der Waals surface area contributed by atoms with E-state index in [1.807, 2.05) is 31.2 Å². The molecule has 0 saturated heterocycles. The number of fused-ring (bicyclic) bond motifs is 1. The van der Waals surface area contributed by atoms with Crippen molar-refractivity contribution in [3.05, 3.63) is 54.1 Å². The summed E-state index contributed by atoms with van der Waals surface area (Å²) >= 11 is 0. The van der Waals surface area contributed by atoms with E-state index in [-0.39, 0.29) is 12.4 Å². The van der Waals surface area contributed by atoms with Crippen LogP contribution in [-0.2, 0) is 6.54 Å². The molecule has 0 aliphatic rings. The van der Waals surface area contributed by atoms with Crippen LogP contribution in [0.15, 0.2) is 42.7 Å². The van der Waals surface area contributed by atoms with Crippen molar-refractivity contribution in [1.29, 1.82) is 0 Å². The Labute approximate surface area is 128 Å². The number of aliphatic hydroxyl groups is 1. The number of nitrogens with two attached hydrogens (primary N) is 1. The van der Waals surface area contributed by atoms with Crippen molar-refractivity contribution in [3.63, 3.8) is 0 Å². The molecule has 3 N–H and O–H groups in total. The van der Waals surface area contributed by atoms with E-state index in [0.29, 0.717) is 5.56 Å². The predicted molar refractivity (Wildman–Crippen MR) is 84.7 cm³/mol. The van der Waals surface area contributed by atoms with E-state index in [2.05, 4.69) is 4.98 Å². The van der Waals surface area contributed by atoms with Gasteiger partial charge in [-0.1, -0.05) is 18.2 Å². The molecule has 0 spiro atoms. The number of nitrogens with zero attached hydrogens (tertiary/aromatic N) is 2. The smallest absolute Gasteiger partial charge is 0.131 e. The number of aryl methyl sites for hydroxylation is 1. The van der Waals surface area contributed by atoms with Crippen LogP contribution in [0.3, 0.4) is 0 Å². The lowest BCUT2D eigenvalue weighted by atomic mass is 10.0. The zero-order valence-corrected chi connectivity index (χ0v) is 12.5. The van der Waals surface area contributed by atoms with Crippen molar-refractivity contribution in [2.45, 2.75) is 26.1 Å². The summed E-state index contributed by atoms with van der Waals surface area (Å²) < 4.78 is 15.9. The van der Waals surface area contributed by atoms with Crippen molar-refractivity contribution in [3.8, 4) is 11.1 Å². The maximum Gasteiger partial charge on any atom is 0.131 e. The first-order valence-electron chi connectivity index (χ1n) is 7.06. The molecule has 0 fully saturated rings. The Kier molecular flexibility index (Phi) is 3.47. The minimum absolute atomic E-state index is 0.212. The van der Waals surface area contributed by atoms with E-state index in [1.165, 1.54) is 13.0 Å². The van der Waals surface area contributed by atoms with Crippen LogP contribution in [0.5, 0.6) is 0 Å². The average Bonchev–Trinajstić information content (AvgIpc) is 2.79. The average molecular weight is 299 g/mol. The second-order valence-electron chi connectivity index (χ2n) is 5.92. The summed E-state index contributed by atoms with van der Waals surface area (Å²) in [5, 5.41) is 9.78. The molecule has 1 atom stereocenters. The number of halogens is 1. The fourth-order valence-electron chi connectivity index (χ4n) is 2.55. The van der Waals surface area contributed by atoms with E-state index in [1.54, 1.807) is 17.0 Å². The lowest BCUT2D eigenvalue weighted by molar-refractivity contribution is 0.0497. The van der Waals surface area contributed by atoms with Gasteiger partial charge in [-0.25, -0.2) is 9.37 Å². The molecule has 5 heteroatoms. The van der Waals surface area contributed by atoms with Gasteiger partial charge in [0.25, 0.3) is 0 Å². The number of imidazole rings is 1. The van der Waals surface area contributed by atoms with Gasteiger partial charge in [-0.15, -0.1) is 0 Å². The summed E-state index contributed by atoms with van der Waals surface area (Å²) in [4.78, 5) is 4.28. The van der Waals surface area contributed by atoms with E-state index in [9.17, 15) is 9.50 Å². The number of hydrogen-bond acceptors (Lipinski definition) is 3. The summed E-state index contributed by atoms with van der Waals surface area (Å²) in [7, 11) is 0. The van der Waals surface area contributed by atoms with E-state index < -0.39 is 5.72 Å². The fraction of sp³-hybridized carbons (Fsp3) is 0.235. The molecule has 0 saturated carbocycles. The van der Waals surface area contributed by atoms with Crippen LogP contribution < -0.4 is 5.73 Å². The molecule has 1 unspecified atom stereocenters. The first kappa shape index (κ1) is 14.7. The molecular formula is C17H18FN3O. The monoisotopic (exact) mass is 299 g/mol. The summed E-state index contributed by atoms with van der Waals surface area (Å²) in [5.74, 6) is -0.253. The first-order valence-corrected chi connectivity index (χ1v) is 7.06. The molecule has 0 aliphatic heterocycles. The van der Waals surface area contributed by atoms with Crippen molar-refractivity contribution in [2.75, 3.05) is 0 Å². The maximum atomic E-state index is 14.2. The highest BCUT2D eigenvalue weighted by atomic mass is 19.1. The summed E-state index contributed by atoms with van der Waals surface area (Å²) in [5.41, 5.74) is 8.10. The largest absolute Gasteiger partial charge is 0.374 e. The van der Waals surface area contributed by atoms with Gasteiger partial charge in [0.1, 0.15) is 11.5 Å².